The SMILES string of the molecule is O=C(O)c1cc(Cc2cccc(Br)c2)cc(Cc2cccc(Br)c2)c1O. The molecule has 3 aromatic rings. The van der Waals surface area contributed by atoms with Crippen molar-refractivity contribution in [3.05, 3.63) is 97.4 Å². The molecule has 0 heterocycles. The number of carboxylic acids is 1. The van der Waals surface area contributed by atoms with Crippen molar-refractivity contribution in [3.8, 4) is 5.75 Å². The fraction of sp³-hybridized carbons (Fsp3) is 0.0952. The van der Waals surface area contributed by atoms with Crippen LogP contribution in [-0.4, -0.2) is 16.2 Å². The highest BCUT2D eigenvalue weighted by Gasteiger charge is 2.16. The summed E-state index contributed by atoms with van der Waals surface area (Å²) in [7, 11) is 0. The van der Waals surface area contributed by atoms with Crippen molar-refractivity contribution in [2.75, 3.05) is 0 Å². The lowest BCUT2D eigenvalue weighted by Crippen LogP contribution is -2.03. The number of aromatic hydroxyl groups is 1. The number of aromatic carboxylic acids is 1. The van der Waals surface area contributed by atoms with Crippen molar-refractivity contribution in [2.45, 2.75) is 12.8 Å². The number of hydrogen-bond acceptors (Lipinski definition) is 2. The van der Waals surface area contributed by atoms with Gasteiger partial charge in [0.15, 0.2) is 0 Å². The van der Waals surface area contributed by atoms with E-state index in [4.69, 9.17) is 0 Å². The summed E-state index contributed by atoms with van der Waals surface area (Å²) in [5.41, 5.74) is 3.44. The molecule has 0 bridgehead atoms. The van der Waals surface area contributed by atoms with Crippen molar-refractivity contribution in [1.82, 2.24) is 0 Å². The van der Waals surface area contributed by atoms with Crippen LogP contribution in [0.3, 0.4) is 0 Å². The van der Waals surface area contributed by atoms with E-state index in [1.165, 1.54) is 0 Å². The molecule has 0 radical (unpaired) electrons. The Morgan fingerprint density at radius 3 is 1.92 bits per heavy atom. The minimum atomic E-state index is -1.13. The fourth-order valence-corrected chi connectivity index (χ4v) is 3.80. The minimum Gasteiger partial charge on any atom is -0.507 e. The summed E-state index contributed by atoms with van der Waals surface area (Å²) in [6, 6.07) is 19.1. The van der Waals surface area contributed by atoms with Crippen molar-refractivity contribution in [3.63, 3.8) is 0 Å². The number of benzene rings is 3. The van der Waals surface area contributed by atoms with E-state index in [9.17, 15) is 15.0 Å². The van der Waals surface area contributed by atoms with Crippen LogP contribution < -0.4 is 0 Å². The molecule has 0 amide bonds. The molecule has 132 valence electrons. The molecule has 0 aliphatic heterocycles. The second-order valence-electron chi connectivity index (χ2n) is 6.07. The Labute approximate surface area is 168 Å². The van der Waals surface area contributed by atoms with Crippen LogP contribution in [-0.2, 0) is 12.8 Å². The van der Waals surface area contributed by atoms with Gasteiger partial charge in [-0.2, -0.15) is 0 Å². The summed E-state index contributed by atoms with van der Waals surface area (Å²) in [5, 5.41) is 19.9. The summed E-state index contributed by atoms with van der Waals surface area (Å²) in [6.07, 6.45) is 1.05. The third-order valence-corrected chi connectivity index (χ3v) is 5.05. The van der Waals surface area contributed by atoms with Gasteiger partial charge in [-0.15, -0.1) is 0 Å². The lowest BCUT2D eigenvalue weighted by molar-refractivity contribution is 0.0693. The maximum atomic E-state index is 11.6. The summed E-state index contributed by atoms with van der Waals surface area (Å²) in [6.45, 7) is 0. The van der Waals surface area contributed by atoms with Gasteiger partial charge in [-0.05, 0) is 59.0 Å². The second kappa shape index (κ2) is 8.06. The maximum absolute atomic E-state index is 11.6. The quantitative estimate of drug-likeness (QED) is 0.490. The Kier molecular flexibility index (Phi) is 5.79. The van der Waals surface area contributed by atoms with Crippen LogP contribution in [0.4, 0.5) is 0 Å². The standard InChI is InChI=1S/C21H16Br2O3/c22-17-5-1-3-13(10-17)7-15-9-16(20(24)19(12-15)21(25)26)8-14-4-2-6-18(23)11-14/h1-6,9-12,24H,7-8H2,(H,25,26). The predicted octanol–water partition coefficient (Wildman–Crippen LogP) is 5.80. The molecule has 0 spiro atoms. The van der Waals surface area contributed by atoms with E-state index in [2.05, 4.69) is 31.9 Å². The average Bonchev–Trinajstić information content (AvgIpc) is 2.57. The van der Waals surface area contributed by atoms with E-state index < -0.39 is 5.97 Å². The number of carbonyl (C=O) groups is 1. The Bertz CT molecular complexity index is 967. The van der Waals surface area contributed by atoms with Gasteiger partial charge >= 0.3 is 5.97 Å². The molecule has 0 unspecified atom stereocenters. The molecule has 0 aromatic heterocycles. The van der Waals surface area contributed by atoms with Gasteiger partial charge in [0.05, 0.1) is 0 Å². The first-order valence-electron chi connectivity index (χ1n) is 7.99. The first-order chi connectivity index (χ1) is 12.4. The van der Waals surface area contributed by atoms with Crippen molar-refractivity contribution in [2.24, 2.45) is 0 Å². The normalized spacial score (nSPS) is 10.7. The summed E-state index contributed by atoms with van der Waals surface area (Å²) in [4.78, 5) is 11.6. The molecule has 3 nitrogen and oxygen atoms in total. The monoisotopic (exact) mass is 474 g/mol. The number of halogens is 2. The predicted molar refractivity (Wildman–Crippen MR) is 109 cm³/mol. The highest BCUT2D eigenvalue weighted by atomic mass is 79.9. The first kappa shape index (κ1) is 18.7. The molecule has 0 saturated heterocycles. The largest absolute Gasteiger partial charge is 0.507 e. The molecule has 2 N–H and O–H groups in total. The highest BCUT2D eigenvalue weighted by Crippen LogP contribution is 2.29. The molecule has 5 heteroatoms. The molecule has 26 heavy (non-hydrogen) atoms. The van der Waals surface area contributed by atoms with E-state index in [1.807, 2.05) is 54.6 Å². The number of rotatable bonds is 5. The number of carboxylic acid groups (broad SMARTS) is 1. The zero-order valence-electron chi connectivity index (χ0n) is 13.7. The van der Waals surface area contributed by atoms with Gasteiger partial charge in [0, 0.05) is 15.4 Å². The zero-order chi connectivity index (χ0) is 18.7. The van der Waals surface area contributed by atoms with Crippen LogP contribution in [0.2, 0.25) is 0 Å². The first-order valence-corrected chi connectivity index (χ1v) is 9.58. The molecule has 0 fully saturated rings. The van der Waals surface area contributed by atoms with Gasteiger partial charge in [0.2, 0.25) is 0 Å². The molecular weight excluding hydrogens is 460 g/mol. The lowest BCUT2D eigenvalue weighted by atomic mass is 9.95. The van der Waals surface area contributed by atoms with Crippen LogP contribution in [0.5, 0.6) is 5.75 Å². The van der Waals surface area contributed by atoms with E-state index in [0.29, 0.717) is 18.4 Å². The highest BCUT2D eigenvalue weighted by molar-refractivity contribution is 9.10. The molecule has 3 aromatic carbocycles. The van der Waals surface area contributed by atoms with E-state index in [0.717, 1.165) is 25.6 Å². The van der Waals surface area contributed by atoms with Gasteiger partial charge < -0.3 is 10.2 Å². The van der Waals surface area contributed by atoms with Crippen molar-refractivity contribution >= 4 is 37.8 Å². The fourth-order valence-electron chi connectivity index (χ4n) is 2.91. The van der Waals surface area contributed by atoms with Crippen LogP contribution in [0, 0.1) is 0 Å². The van der Waals surface area contributed by atoms with Crippen LogP contribution in [0.25, 0.3) is 0 Å². The zero-order valence-corrected chi connectivity index (χ0v) is 16.9. The van der Waals surface area contributed by atoms with E-state index in [1.54, 1.807) is 6.07 Å². The average molecular weight is 476 g/mol. The minimum absolute atomic E-state index is 0.0671. The third-order valence-electron chi connectivity index (χ3n) is 4.06. The van der Waals surface area contributed by atoms with Gasteiger partial charge in [-0.3, -0.25) is 0 Å². The lowest BCUT2D eigenvalue weighted by Gasteiger charge is -2.12. The second-order valence-corrected chi connectivity index (χ2v) is 7.90. The van der Waals surface area contributed by atoms with Gasteiger partial charge in [-0.1, -0.05) is 62.2 Å². The Morgan fingerprint density at radius 1 is 0.808 bits per heavy atom. The van der Waals surface area contributed by atoms with Crippen LogP contribution in [0.15, 0.2) is 69.6 Å². The van der Waals surface area contributed by atoms with Gasteiger partial charge in [0.1, 0.15) is 11.3 Å². The maximum Gasteiger partial charge on any atom is 0.339 e. The summed E-state index contributed by atoms with van der Waals surface area (Å²) in [5.74, 6) is -1.30. The molecule has 0 atom stereocenters. The molecule has 0 aliphatic carbocycles. The smallest absolute Gasteiger partial charge is 0.339 e. The molecule has 3 rings (SSSR count). The Balaban J connectivity index is 2.00. The van der Waals surface area contributed by atoms with Crippen LogP contribution >= 0.6 is 31.9 Å². The van der Waals surface area contributed by atoms with Crippen molar-refractivity contribution < 1.29 is 15.0 Å². The van der Waals surface area contributed by atoms with Gasteiger partial charge in [-0.25, -0.2) is 4.79 Å². The molecule has 0 saturated carbocycles. The topological polar surface area (TPSA) is 57.5 Å². The Morgan fingerprint density at radius 2 is 1.38 bits per heavy atom. The van der Waals surface area contributed by atoms with Crippen LogP contribution in [0.1, 0.15) is 32.6 Å². The van der Waals surface area contributed by atoms with E-state index in [-0.39, 0.29) is 11.3 Å². The van der Waals surface area contributed by atoms with Crippen molar-refractivity contribution in [1.29, 1.82) is 0 Å². The number of phenols is 1. The molecule has 0 aliphatic rings. The summed E-state index contributed by atoms with van der Waals surface area (Å²) < 4.78 is 1.92. The third kappa shape index (κ3) is 4.54. The number of hydrogen-bond donors (Lipinski definition) is 2. The van der Waals surface area contributed by atoms with E-state index >= 15 is 0 Å². The molecular formula is C21H16Br2O3. The Hall–Kier alpha value is -2.11. The summed E-state index contributed by atoms with van der Waals surface area (Å²) >= 11 is 6.89. The van der Waals surface area contributed by atoms with Gasteiger partial charge in [0.25, 0.3) is 0 Å².